The monoisotopic (exact) mass is 391 g/mol. The molecule has 1 aromatic carbocycles. The normalized spacial score (nSPS) is 16.3. The van der Waals surface area contributed by atoms with Crippen LogP contribution in [0.1, 0.15) is 47.1 Å². The van der Waals surface area contributed by atoms with Gasteiger partial charge >= 0.3 is 12.0 Å². The van der Waals surface area contributed by atoms with Crippen LogP contribution in [0.5, 0.6) is 0 Å². The fourth-order valence-corrected chi connectivity index (χ4v) is 3.28. The van der Waals surface area contributed by atoms with Crippen molar-refractivity contribution in [2.75, 3.05) is 13.1 Å². The topological polar surface area (TPSA) is 93.0 Å². The van der Waals surface area contributed by atoms with Crippen LogP contribution in [0.4, 0.5) is 10.5 Å². The number of hydrogen-bond acceptors (Lipinski definition) is 5. The molecule has 0 unspecified atom stereocenters. The van der Waals surface area contributed by atoms with Crippen LogP contribution in [-0.2, 0) is 16.1 Å². The Morgan fingerprint density at radius 1 is 1.21 bits per heavy atom. The molecule has 1 saturated heterocycles. The van der Waals surface area contributed by atoms with Crippen LogP contribution in [-0.4, -0.2) is 51.5 Å². The van der Waals surface area contributed by atoms with Gasteiger partial charge in [-0.15, -0.1) is 0 Å². The number of nitro groups is 1. The van der Waals surface area contributed by atoms with E-state index >= 15 is 0 Å². The first kappa shape index (κ1) is 21.7. The molecule has 2 amide bonds. The van der Waals surface area contributed by atoms with E-state index in [0.29, 0.717) is 18.7 Å². The van der Waals surface area contributed by atoms with Gasteiger partial charge in [-0.05, 0) is 31.7 Å². The molecule has 0 N–H and O–H groups in total. The van der Waals surface area contributed by atoms with Crippen LogP contribution in [0.2, 0.25) is 0 Å². The summed E-state index contributed by atoms with van der Waals surface area (Å²) in [5.74, 6) is -0.425. The van der Waals surface area contributed by atoms with E-state index in [1.807, 2.05) is 20.8 Å². The van der Waals surface area contributed by atoms with E-state index in [2.05, 4.69) is 0 Å². The maximum absolute atomic E-state index is 13.0. The van der Waals surface area contributed by atoms with Crippen molar-refractivity contribution in [1.29, 1.82) is 0 Å². The van der Waals surface area contributed by atoms with E-state index in [1.165, 1.54) is 12.1 Å². The molecule has 0 aromatic heterocycles. The highest BCUT2D eigenvalue weighted by Crippen LogP contribution is 2.30. The van der Waals surface area contributed by atoms with Crippen LogP contribution >= 0.6 is 0 Å². The first-order valence-corrected chi connectivity index (χ1v) is 9.31. The van der Waals surface area contributed by atoms with Crippen LogP contribution < -0.4 is 0 Å². The zero-order valence-corrected chi connectivity index (χ0v) is 17.4. The number of nitrogens with zero attached hydrogens (tertiary/aromatic N) is 3. The highest BCUT2D eigenvalue weighted by atomic mass is 16.6. The quantitative estimate of drug-likeness (QED) is 0.434. The van der Waals surface area contributed by atoms with E-state index in [4.69, 9.17) is 4.74 Å². The number of rotatable bonds is 5. The predicted molar refractivity (Wildman–Crippen MR) is 105 cm³/mol. The first-order chi connectivity index (χ1) is 12.8. The van der Waals surface area contributed by atoms with Gasteiger partial charge in [-0.2, -0.15) is 0 Å². The zero-order chi connectivity index (χ0) is 21.3. The van der Waals surface area contributed by atoms with Crippen molar-refractivity contribution in [3.05, 3.63) is 39.9 Å². The number of benzene rings is 1. The lowest BCUT2D eigenvalue weighted by molar-refractivity contribution is -0.384. The number of esters is 1. The Labute approximate surface area is 165 Å². The summed E-state index contributed by atoms with van der Waals surface area (Å²) in [7, 11) is 0. The lowest BCUT2D eigenvalue weighted by Crippen LogP contribution is -2.52. The third kappa shape index (κ3) is 5.21. The molecule has 154 valence electrons. The number of urea groups is 1. The average molecular weight is 391 g/mol. The molecule has 0 radical (unpaired) electrons. The van der Waals surface area contributed by atoms with Gasteiger partial charge < -0.3 is 14.5 Å². The lowest BCUT2D eigenvalue weighted by Gasteiger charge is -2.37. The number of carbonyl (C=O) groups excluding carboxylic acids is 2. The third-order valence-corrected chi connectivity index (χ3v) is 4.38. The number of hydrogen-bond donors (Lipinski definition) is 0. The second-order valence-electron chi connectivity index (χ2n) is 9.13. The van der Waals surface area contributed by atoms with Gasteiger partial charge in [0, 0.05) is 31.8 Å². The third-order valence-electron chi connectivity index (χ3n) is 4.38. The Hall–Kier alpha value is -2.64. The van der Waals surface area contributed by atoms with Crippen molar-refractivity contribution in [1.82, 2.24) is 9.80 Å². The number of amides is 2. The van der Waals surface area contributed by atoms with Gasteiger partial charge in [0.2, 0.25) is 0 Å². The molecular formula is C20H29N3O5. The molecule has 0 bridgehead atoms. The molecule has 0 saturated carbocycles. The minimum absolute atomic E-state index is 0.0117. The van der Waals surface area contributed by atoms with Gasteiger partial charge in [0.1, 0.15) is 11.6 Å². The van der Waals surface area contributed by atoms with Crippen molar-refractivity contribution >= 4 is 17.7 Å². The standard InChI is InChI=1S/C20H29N3O5/c1-19(2,3)16(17(24)28-20(4,5)6)22-11-10-21(18(22)25)13-14-8-7-9-15(12-14)23(26)27/h7-9,12,16H,10-11,13H2,1-6H3/t16-/m1/s1. The van der Waals surface area contributed by atoms with Crippen LogP contribution in [0.15, 0.2) is 24.3 Å². The molecule has 0 spiro atoms. The molecular weight excluding hydrogens is 362 g/mol. The van der Waals surface area contributed by atoms with Crippen molar-refractivity contribution in [3.8, 4) is 0 Å². The lowest BCUT2D eigenvalue weighted by atomic mass is 9.85. The SMILES string of the molecule is CC(C)(C)OC(=O)[C@@H](N1CCN(Cc2cccc([N+](=O)[O-])c2)C1=O)C(C)(C)C. The Balaban J connectivity index is 2.19. The fraction of sp³-hybridized carbons (Fsp3) is 0.600. The molecule has 2 rings (SSSR count). The van der Waals surface area contributed by atoms with Crippen molar-refractivity contribution in [2.24, 2.45) is 5.41 Å². The van der Waals surface area contributed by atoms with Gasteiger partial charge in [0.05, 0.1) is 4.92 Å². The highest BCUT2D eigenvalue weighted by Gasteiger charge is 2.45. The largest absolute Gasteiger partial charge is 0.458 e. The summed E-state index contributed by atoms with van der Waals surface area (Å²) in [5.41, 5.74) is -0.484. The molecule has 8 heteroatoms. The average Bonchev–Trinajstić information content (AvgIpc) is 2.86. The van der Waals surface area contributed by atoms with Crippen LogP contribution in [0, 0.1) is 15.5 Å². The number of ether oxygens (including phenoxy) is 1. The van der Waals surface area contributed by atoms with E-state index in [1.54, 1.807) is 42.7 Å². The Kier molecular flexibility index (Phi) is 6.01. The molecule has 28 heavy (non-hydrogen) atoms. The summed E-state index contributed by atoms with van der Waals surface area (Å²) in [6.45, 7) is 12.2. The summed E-state index contributed by atoms with van der Waals surface area (Å²) in [4.78, 5) is 39.5. The first-order valence-electron chi connectivity index (χ1n) is 9.31. The van der Waals surface area contributed by atoms with Crippen molar-refractivity contribution in [2.45, 2.75) is 59.7 Å². The maximum atomic E-state index is 13.0. The van der Waals surface area contributed by atoms with Gasteiger partial charge in [-0.25, -0.2) is 9.59 Å². The summed E-state index contributed by atoms with van der Waals surface area (Å²) < 4.78 is 5.56. The van der Waals surface area contributed by atoms with Crippen molar-refractivity contribution in [3.63, 3.8) is 0 Å². The smallest absolute Gasteiger partial charge is 0.329 e. The summed E-state index contributed by atoms with van der Waals surface area (Å²) in [6.07, 6.45) is 0. The number of carbonyl (C=O) groups is 2. The van der Waals surface area contributed by atoms with Gasteiger partial charge in [0.15, 0.2) is 0 Å². The van der Waals surface area contributed by atoms with Gasteiger partial charge in [-0.3, -0.25) is 10.1 Å². The molecule has 1 aliphatic rings. The predicted octanol–water partition coefficient (Wildman–Crippen LogP) is 3.59. The molecule has 1 heterocycles. The van der Waals surface area contributed by atoms with Gasteiger partial charge in [-0.1, -0.05) is 32.9 Å². The highest BCUT2D eigenvalue weighted by molar-refractivity contribution is 5.85. The Morgan fingerprint density at radius 3 is 2.39 bits per heavy atom. The zero-order valence-electron chi connectivity index (χ0n) is 17.4. The van der Waals surface area contributed by atoms with E-state index in [-0.39, 0.29) is 18.3 Å². The second kappa shape index (κ2) is 7.77. The molecule has 1 atom stereocenters. The number of nitro benzene ring substituents is 1. The van der Waals surface area contributed by atoms with Crippen LogP contribution in [0.3, 0.4) is 0 Å². The molecule has 8 nitrogen and oxygen atoms in total. The fourth-order valence-electron chi connectivity index (χ4n) is 3.28. The van der Waals surface area contributed by atoms with Gasteiger partial charge in [0.25, 0.3) is 5.69 Å². The Morgan fingerprint density at radius 2 is 1.86 bits per heavy atom. The van der Waals surface area contributed by atoms with E-state index in [0.717, 1.165) is 0 Å². The Bertz CT molecular complexity index is 764. The minimum Gasteiger partial charge on any atom is -0.458 e. The molecule has 1 fully saturated rings. The van der Waals surface area contributed by atoms with E-state index < -0.39 is 28.0 Å². The summed E-state index contributed by atoms with van der Waals surface area (Å²) >= 11 is 0. The summed E-state index contributed by atoms with van der Waals surface area (Å²) in [5, 5.41) is 11.0. The molecule has 0 aliphatic carbocycles. The molecule has 1 aliphatic heterocycles. The summed E-state index contributed by atoms with van der Waals surface area (Å²) in [6, 6.07) is 5.25. The number of non-ortho nitro benzene ring substituents is 1. The maximum Gasteiger partial charge on any atom is 0.329 e. The second-order valence-corrected chi connectivity index (χ2v) is 9.13. The molecule has 1 aromatic rings. The van der Waals surface area contributed by atoms with Crippen LogP contribution in [0.25, 0.3) is 0 Å². The minimum atomic E-state index is -0.714. The van der Waals surface area contributed by atoms with E-state index in [9.17, 15) is 19.7 Å². The van der Waals surface area contributed by atoms with Crippen molar-refractivity contribution < 1.29 is 19.2 Å².